The number of carbonyl (C=O) groups is 2. The summed E-state index contributed by atoms with van der Waals surface area (Å²) < 4.78 is 0. The fourth-order valence-corrected chi connectivity index (χ4v) is 4.11. The van der Waals surface area contributed by atoms with Crippen molar-refractivity contribution in [3.8, 4) is 0 Å². The maximum atomic E-state index is 12.4. The molecule has 0 bridgehead atoms. The number of rotatable bonds is 5. The first-order valence-electron chi connectivity index (χ1n) is 7.98. The smallest absolute Gasteiger partial charge is 0.242 e. The minimum atomic E-state index is -0.307. The molecule has 6 heteroatoms. The molecule has 2 rings (SSSR count). The number of hydrogen-bond acceptors (Lipinski definition) is 4. The molecule has 0 aromatic carbocycles. The molecule has 1 aliphatic carbocycles. The topological polar surface area (TPSA) is 61.8 Å². The predicted octanol–water partition coefficient (Wildman–Crippen LogP) is 2.17. The molecule has 5 nitrogen and oxygen atoms in total. The van der Waals surface area contributed by atoms with Crippen molar-refractivity contribution in [3.05, 3.63) is 0 Å². The monoisotopic (exact) mass is 311 g/mol. The summed E-state index contributed by atoms with van der Waals surface area (Å²) >= 11 is 1.46. The van der Waals surface area contributed by atoms with E-state index in [1.54, 1.807) is 4.90 Å². The Balaban J connectivity index is 2.02. The van der Waals surface area contributed by atoms with E-state index in [1.807, 2.05) is 13.8 Å². The molecule has 1 unspecified atom stereocenters. The van der Waals surface area contributed by atoms with Crippen LogP contribution in [0, 0.1) is 0 Å². The quantitative estimate of drug-likeness (QED) is 0.846. The molecule has 0 spiro atoms. The van der Waals surface area contributed by atoms with Crippen LogP contribution in [0.3, 0.4) is 0 Å². The van der Waals surface area contributed by atoms with Gasteiger partial charge in [-0.2, -0.15) is 0 Å². The van der Waals surface area contributed by atoms with Crippen LogP contribution in [0.4, 0.5) is 0 Å². The molecule has 1 aliphatic heterocycles. The summed E-state index contributed by atoms with van der Waals surface area (Å²) in [7, 11) is 0. The number of nitrogens with zero attached hydrogens (tertiary/aromatic N) is 2. The number of amides is 2. The molecule has 2 fully saturated rings. The van der Waals surface area contributed by atoms with Gasteiger partial charge in [0.2, 0.25) is 11.8 Å². The van der Waals surface area contributed by atoms with Gasteiger partial charge < -0.3 is 5.32 Å². The second kappa shape index (κ2) is 7.82. The molecule has 0 aromatic heterocycles. The van der Waals surface area contributed by atoms with Gasteiger partial charge in [-0.05, 0) is 26.7 Å². The second-order valence-corrected chi connectivity index (χ2v) is 6.72. The summed E-state index contributed by atoms with van der Waals surface area (Å²) in [6.07, 6.45) is 6.25. The summed E-state index contributed by atoms with van der Waals surface area (Å²) in [5, 5.41) is 3.28. The van der Waals surface area contributed by atoms with Crippen LogP contribution in [0.25, 0.3) is 0 Å². The third-order valence-corrected chi connectivity index (χ3v) is 5.14. The zero-order chi connectivity index (χ0) is 15.2. The van der Waals surface area contributed by atoms with E-state index >= 15 is 0 Å². The lowest BCUT2D eigenvalue weighted by Crippen LogP contribution is -2.35. The Bertz CT molecular complexity index is 419. The number of aliphatic imine (C=N–C) groups is 1. The minimum absolute atomic E-state index is 0.0308. The van der Waals surface area contributed by atoms with Crippen molar-refractivity contribution in [1.82, 2.24) is 10.2 Å². The van der Waals surface area contributed by atoms with Crippen molar-refractivity contribution in [3.63, 3.8) is 0 Å². The molecule has 1 saturated heterocycles. The van der Waals surface area contributed by atoms with Gasteiger partial charge in [-0.25, -0.2) is 0 Å². The highest BCUT2D eigenvalue weighted by Crippen LogP contribution is 2.31. The Hall–Kier alpha value is -1.04. The van der Waals surface area contributed by atoms with Crippen molar-refractivity contribution in [2.45, 2.75) is 63.7 Å². The number of carbonyl (C=O) groups excluding carboxylic acids is 2. The van der Waals surface area contributed by atoms with E-state index in [4.69, 9.17) is 4.99 Å². The Kier molecular flexibility index (Phi) is 6.08. The maximum Gasteiger partial charge on any atom is 0.242 e. The predicted molar refractivity (Wildman–Crippen MR) is 86.4 cm³/mol. The summed E-state index contributed by atoms with van der Waals surface area (Å²) in [4.78, 5) is 30.6. The van der Waals surface area contributed by atoms with Gasteiger partial charge in [0.1, 0.15) is 5.25 Å². The third-order valence-electron chi connectivity index (χ3n) is 3.95. The zero-order valence-corrected chi connectivity index (χ0v) is 13.7. The van der Waals surface area contributed by atoms with E-state index < -0.39 is 0 Å². The Labute approximate surface area is 130 Å². The van der Waals surface area contributed by atoms with Crippen molar-refractivity contribution in [1.29, 1.82) is 0 Å². The van der Waals surface area contributed by atoms with Crippen molar-refractivity contribution < 1.29 is 9.59 Å². The van der Waals surface area contributed by atoms with Crippen LogP contribution >= 0.6 is 11.8 Å². The van der Waals surface area contributed by atoms with Crippen LogP contribution in [0.2, 0.25) is 0 Å². The van der Waals surface area contributed by atoms with E-state index in [2.05, 4.69) is 5.32 Å². The fraction of sp³-hybridized carbons (Fsp3) is 0.800. The van der Waals surface area contributed by atoms with Gasteiger partial charge in [0.15, 0.2) is 5.17 Å². The number of amidine groups is 1. The SMILES string of the molecule is CCNC(=O)CC1SC(=NC2CCCCC2)N(CC)C1=O. The molecule has 1 atom stereocenters. The first-order chi connectivity index (χ1) is 10.2. The van der Waals surface area contributed by atoms with E-state index in [1.165, 1.54) is 31.0 Å². The van der Waals surface area contributed by atoms with E-state index in [-0.39, 0.29) is 23.5 Å². The fourth-order valence-electron chi connectivity index (χ4n) is 2.83. The van der Waals surface area contributed by atoms with Crippen molar-refractivity contribution in [2.24, 2.45) is 4.99 Å². The summed E-state index contributed by atoms with van der Waals surface area (Å²) in [6.45, 7) is 5.08. The van der Waals surface area contributed by atoms with Gasteiger partial charge in [0.25, 0.3) is 0 Å². The van der Waals surface area contributed by atoms with Gasteiger partial charge in [-0.1, -0.05) is 31.0 Å². The Morgan fingerprint density at radius 3 is 2.67 bits per heavy atom. The molecule has 21 heavy (non-hydrogen) atoms. The van der Waals surface area contributed by atoms with Gasteiger partial charge in [0.05, 0.1) is 6.04 Å². The van der Waals surface area contributed by atoms with Crippen LogP contribution in [0.15, 0.2) is 4.99 Å². The lowest BCUT2D eigenvalue weighted by Gasteiger charge is -2.20. The van der Waals surface area contributed by atoms with E-state index in [0.717, 1.165) is 18.0 Å². The maximum absolute atomic E-state index is 12.4. The molecule has 0 aromatic rings. The van der Waals surface area contributed by atoms with Gasteiger partial charge in [0, 0.05) is 19.5 Å². The first kappa shape index (κ1) is 16.3. The van der Waals surface area contributed by atoms with Crippen LogP contribution in [0.5, 0.6) is 0 Å². The number of nitrogens with one attached hydrogen (secondary N) is 1. The molecule has 1 heterocycles. The Morgan fingerprint density at radius 2 is 2.05 bits per heavy atom. The summed E-state index contributed by atoms with van der Waals surface area (Å²) in [6, 6.07) is 0.353. The first-order valence-corrected chi connectivity index (χ1v) is 8.86. The largest absolute Gasteiger partial charge is 0.356 e. The minimum Gasteiger partial charge on any atom is -0.356 e. The highest BCUT2D eigenvalue weighted by molar-refractivity contribution is 8.15. The molecule has 2 aliphatic rings. The lowest BCUT2D eigenvalue weighted by atomic mass is 9.96. The highest BCUT2D eigenvalue weighted by Gasteiger charge is 2.38. The highest BCUT2D eigenvalue weighted by atomic mass is 32.2. The van der Waals surface area contributed by atoms with Crippen LogP contribution in [-0.2, 0) is 9.59 Å². The molecule has 2 amide bonds. The van der Waals surface area contributed by atoms with Gasteiger partial charge in [-0.3, -0.25) is 19.5 Å². The molecule has 1 saturated carbocycles. The summed E-state index contributed by atoms with van der Waals surface area (Å²) in [5.74, 6) is -0.0263. The standard InChI is InChI=1S/C15H25N3O2S/c1-3-16-13(19)10-12-14(20)18(4-2)15(21-12)17-11-8-6-5-7-9-11/h11-12H,3-10H2,1-2H3,(H,16,19). The molecule has 0 radical (unpaired) electrons. The molecule has 1 N–H and O–H groups in total. The van der Waals surface area contributed by atoms with Crippen molar-refractivity contribution >= 4 is 28.7 Å². The van der Waals surface area contributed by atoms with Crippen LogP contribution < -0.4 is 5.32 Å². The van der Waals surface area contributed by atoms with Crippen LogP contribution in [0.1, 0.15) is 52.4 Å². The molecular formula is C15H25N3O2S. The van der Waals surface area contributed by atoms with Gasteiger partial charge >= 0.3 is 0 Å². The molecular weight excluding hydrogens is 286 g/mol. The normalized spacial score (nSPS) is 25.6. The summed E-state index contributed by atoms with van der Waals surface area (Å²) in [5.41, 5.74) is 0. The Morgan fingerprint density at radius 1 is 1.33 bits per heavy atom. The lowest BCUT2D eigenvalue weighted by molar-refractivity contribution is -0.129. The number of thioether (sulfide) groups is 1. The zero-order valence-electron chi connectivity index (χ0n) is 12.9. The number of hydrogen-bond donors (Lipinski definition) is 1. The average molecular weight is 311 g/mol. The third kappa shape index (κ3) is 4.22. The van der Waals surface area contributed by atoms with E-state index in [9.17, 15) is 9.59 Å². The molecule has 118 valence electrons. The van der Waals surface area contributed by atoms with E-state index in [0.29, 0.717) is 19.1 Å². The second-order valence-electron chi connectivity index (χ2n) is 5.55. The van der Waals surface area contributed by atoms with Gasteiger partial charge in [-0.15, -0.1) is 0 Å². The van der Waals surface area contributed by atoms with Crippen molar-refractivity contribution in [2.75, 3.05) is 13.1 Å². The average Bonchev–Trinajstić information content (AvgIpc) is 2.75. The van der Waals surface area contributed by atoms with Crippen LogP contribution in [-0.4, -0.2) is 46.3 Å².